The predicted octanol–water partition coefficient (Wildman–Crippen LogP) is 4.09. The zero-order chi connectivity index (χ0) is 21.0. The van der Waals surface area contributed by atoms with E-state index in [0.717, 1.165) is 11.4 Å². The van der Waals surface area contributed by atoms with Crippen molar-refractivity contribution in [2.24, 2.45) is 0 Å². The van der Waals surface area contributed by atoms with Crippen LogP contribution in [0.15, 0.2) is 24.3 Å². The number of aliphatic hydroxyl groups excluding tert-OH is 1. The number of hydrogen-bond donors (Lipinski definition) is 2. The van der Waals surface area contributed by atoms with Crippen molar-refractivity contribution >= 4 is 5.91 Å². The number of benzene rings is 1. The van der Waals surface area contributed by atoms with Crippen LogP contribution in [-0.2, 0) is 0 Å². The van der Waals surface area contributed by atoms with Crippen molar-refractivity contribution < 1.29 is 19.4 Å². The number of carbonyl (C=O) groups is 1. The second-order valence-corrected chi connectivity index (χ2v) is 7.78. The lowest BCUT2D eigenvalue weighted by molar-refractivity contribution is 0.0913. The fraction of sp³-hybridized carbons (Fsp3) is 0.522. The quantitative estimate of drug-likeness (QED) is 0.734. The SMILES string of the molecule is COc1ccc(OC)c(C(O)CNC(=O)c2cc(C)n(C3CCCCC3)c2C)c1. The van der Waals surface area contributed by atoms with Gasteiger partial charge in [-0.25, -0.2) is 0 Å². The molecule has 1 unspecified atom stereocenters. The highest BCUT2D eigenvalue weighted by molar-refractivity contribution is 5.95. The zero-order valence-electron chi connectivity index (χ0n) is 17.8. The van der Waals surface area contributed by atoms with Gasteiger partial charge in [-0.05, 0) is 51.0 Å². The Balaban J connectivity index is 1.71. The monoisotopic (exact) mass is 400 g/mol. The molecule has 0 spiro atoms. The van der Waals surface area contributed by atoms with Gasteiger partial charge in [-0.1, -0.05) is 19.3 Å². The number of nitrogens with one attached hydrogen (secondary N) is 1. The minimum atomic E-state index is -0.897. The van der Waals surface area contributed by atoms with E-state index in [4.69, 9.17) is 9.47 Å². The first-order valence-corrected chi connectivity index (χ1v) is 10.3. The predicted molar refractivity (Wildman–Crippen MR) is 113 cm³/mol. The molecule has 1 aliphatic rings. The Bertz CT molecular complexity index is 853. The van der Waals surface area contributed by atoms with E-state index in [1.165, 1.54) is 32.1 Å². The van der Waals surface area contributed by atoms with Crippen LogP contribution in [0.4, 0.5) is 0 Å². The third-order valence-electron chi connectivity index (χ3n) is 5.92. The summed E-state index contributed by atoms with van der Waals surface area (Å²) in [5.74, 6) is 1.02. The van der Waals surface area contributed by atoms with E-state index >= 15 is 0 Å². The number of hydrogen-bond acceptors (Lipinski definition) is 4. The molecule has 1 heterocycles. The highest BCUT2D eigenvalue weighted by atomic mass is 16.5. The molecule has 6 heteroatoms. The number of carbonyl (C=O) groups excluding carboxylic acids is 1. The third-order valence-corrected chi connectivity index (χ3v) is 5.92. The van der Waals surface area contributed by atoms with Crippen molar-refractivity contribution in [3.05, 3.63) is 46.8 Å². The number of aromatic nitrogens is 1. The van der Waals surface area contributed by atoms with Gasteiger partial charge in [0.25, 0.3) is 5.91 Å². The molecule has 0 bridgehead atoms. The Morgan fingerprint density at radius 1 is 1.17 bits per heavy atom. The summed E-state index contributed by atoms with van der Waals surface area (Å²) in [5, 5.41) is 13.5. The lowest BCUT2D eigenvalue weighted by Gasteiger charge is -2.26. The standard InChI is InChI=1S/C23H32N2O4/c1-15-12-19(16(2)25(15)17-8-6-5-7-9-17)23(27)24-14-21(26)20-13-18(28-3)10-11-22(20)29-4/h10-13,17,21,26H,5-9,14H2,1-4H3,(H,24,27). The van der Waals surface area contributed by atoms with Crippen LogP contribution in [0.25, 0.3) is 0 Å². The Morgan fingerprint density at radius 2 is 1.90 bits per heavy atom. The summed E-state index contributed by atoms with van der Waals surface area (Å²) in [4.78, 5) is 12.8. The summed E-state index contributed by atoms with van der Waals surface area (Å²) in [6.07, 6.45) is 5.24. The van der Waals surface area contributed by atoms with Gasteiger partial charge in [0, 0.05) is 29.5 Å². The van der Waals surface area contributed by atoms with Crippen LogP contribution in [0, 0.1) is 13.8 Å². The Labute approximate surface area is 172 Å². The van der Waals surface area contributed by atoms with Crippen molar-refractivity contribution in [1.29, 1.82) is 0 Å². The van der Waals surface area contributed by atoms with E-state index in [1.807, 2.05) is 13.0 Å². The number of methoxy groups -OCH3 is 2. The van der Waals surface area contributed by atoms with Gasteiger partial charge in [-0.2, -0.15) is 0 Å². The van der Waals surface area contributed by atoms with Gasteiger partial charge in [-0.15, -0.1) is 0 Å². The number of rotatable bonds is 7. The van der Waals surface area contributed by atoms with Crippen molar-refractivity contribution in [2.75, 3.05) is 20.8 Å². The van der Waals surface area contributed by atoms with Crippen molar-refractivity contribution in [3.8, 4) is 11.5 Å². The van der Waals surface area contributed by atoms with Gasteiger partial charge in [0.1, 0.15) is 17.6 Å². The number of aryl methyl sites for hydroxylation is 1. The molecular weight excluding hydrogens is 368 g/mol. The molecule has 6 nitrogen and oxygen atoms in total. The second kappa shape index (κ2) is 9.35. The molecule has 1 aromatic heterocycles. The molecule has 0 radical (unpaired) electrons. The molecule has 2 aromatic rings. The molecule has 158 valence electrons. The maximum absolute atomic E-state index is 12.8. The first-order valence-electron chi connectivity index (χ1n) is 10.3. The van der Waals surface area contributed by atoms with Crippen LogP contribution in [0.5, 0.6) is 11.5 Å². The number of aliphatic hydroxyl groups is 1. The molecule has 3 rings (SSSR count). The normalized spacial score (nSPS) is 15.8. The van der Waals surface area contributed by atoms with Gasteiger partial charge in [0.05, 0.1) is 19.8 Å². The maximum Gasteiger partial charge on any atom is 0.253 e. The molecule has 1 aliphatic carbocycles. The summed E-state index contributed by atoms with van der Waals surface area (Å²) < 4.78 is 12.9. The van der Waals surface area contributed by atoms with E-state index in [2.05, 4.69) is 16.8 Å². The summed E-state index contributed by atoms with van der Waals surface area (Å²) in [5.41, 5.74) is 3.38. The van der Waals surface area contributed by atoms with Crippen LogP contribution in [-0.4, -0.2) is 36.3 Å². The van der Waals surface area contributed by atoms with Gasteiger partial charge in [0.15, 0.2) is 0 Å². The fourth-order valence-corrected chi connectivity index (χ4v) is 4.40. The largest absolute Gasteiger partial charge is 0.497 e. The van der Waals surface area contributed by atoms with Gasteiger partial charge in [-0.3, -0.25) is 4.79 Å². The summed E-state index contributed by atoms with van der Waals surface area (Å²) in [6.45, 7) is 4.17. The maximum atomic E-state index is 12.8. The van der Waals surface area contributed by atoms with Crippen LogP contribution in [0.2, 0.25) is 0 Å². The van der Waals surface area contributed by atoms with E-state index in [-0.39, 0.29) is 12.5 Å². The number of amides is 1. The summed E-state index contributed by atoms with van der Waals surface area (Å²) in [7, 11) is 3.12. The van der Waals surface area contributed by atoms with Gasteiger partial charge < -0.3 is 24.5 Å². The Hall–Kier alpha value is -2.47. The first-order chi connectivity index (χ1) is 14.0. The topological polar surface area (TPSA) is 72.7 Å². The third kappa shape index (κ3) is 4.58. The molecule has 0 saturated heterocycles. The number of ether oxygens (including phenoxy) is 2. The van der Waals surface area contributed by atoms with Crippen LogP contribution in [0.3, 0.4) is 0 Å². The fourth-order valence-electron chi connectivity index (χ4n) is 4.40. The molecule has 1 saturated carbocycles. The highest BCUT2D eigenvalue weighted by Crippen LogP contribution is 2.32. The molecule has 1 fully saturated rings. The molecular formula is C23H32N2O4. The lowest BCUT2D eigenvalue weighted by atomic mass is 9.95. The van der Waals surface area contributed by atoms with Crippen LogP contribution < -0.4 is 14.8 Å². The van der Waals surface area contributed by atoms with E-state index in [1.54, 1.807) is 32.4 Å². The molecule has 1 amide bonds. The average molecular weight is 401 g/mol. The summed E-state index contributed by atoms with van der Waals surface area (Å²) in [6, 6.07) is 7.68. The van der Waals surface area contributed by atoms with Crippen molar-refractivity contribution in [2.45, 2.75) is 58.1 Å². The Kier molecular flexibility index (Phi) is 6.85. The van der Waals surface area contributed by atoms with Crippen LogP contribution >= 0.6 is 0 Å². The minimum Gasteiger partial charge on any atom is -0.497 e. The molecule has 1 atom stereocenters. The summed E-state index contributed by atoms with van der Waals surface area (Å²) >= 11 is 0. The van der Waals surface area contributed by atoms with E-state index < -0.39 is 6.10 Å². The molecule has 0 aliphatic heterocycles. The zero-order valence-corrected chi connectivity index (χ0v) is 17.8. The molecule has 2 N–H and O–H groups in total. The van der Waals surface area contributed by atoms with Crippen LogP contribution in [0.1, 0.15) is 71.6 Å². The number of nitrogens with zero attached hydrogens (tertiary/aromatic N) is 1. The van der Waals surface area contributed by atoms with E-state index in [9.17, 15) is 9.90 Å². The van der Waals surface area contributed by atoms with Crippen molar-refractivity contribution in [1.82, 2.24) is 9.88 Å². The highest BCUT2D eigenvalue weighted by Gasteiger charge is 2.23. The first kappa shape index (κ1) is 21.2. The lowest BCUT2D eigenvalue weighted by Crippen LogP contribution is -2.29. The average Bonchev–Trinajstić information content (AvgIpc) is 3.05. The molecule has 29 heavy (non-hydrogen) atoms. The van der Waals surface area contributed by atoms with Gasteiger partial charge in [0.2, 0.25) is 0 Å². The Morgan fingerprint density at radius 3 is 2.55 bits per heavy atom. The minimum absolute atomic E-state index is 0.0927. The second-order valence-electron chi connectivity index (χ2n) is 7.78. The van der Waals surface area contributed by atoms with E-state index in [0.29, 0.717) is 28.7 Å². The molecule has 1 aromatic carbocycles. The van der Waals surface area contributed by atoms with Gasteiger partial charge >= 0.3 is 0 Å². The smallest absolute Gasteiger partial charge is 0.253 e. The van der Waals surface area contributed by atoms with Crippen molar-refractivity contribution in [3.63, 3.8) is 0 Å².